The summed E-state index contributed by atoms with van der Waals surface area (Å²) in [6, 6.07) is 15.4. The van der Waals surface area contributed by atoms with Crippen molar-refractivity contribution in [1.29, 1.82) is 0 Å². The van der Waals surface area contributed by atoms with Gasteiger partial charge in [0.2, 0.25) is 0 Å². The predicted octanol–water partition coefficient (Wildman–Crippen LogP) is 2.38. The molecule has 7 heteroatoms. The Kier molecular flexibility index (Phi) is 7.12. The molecule has 0 spiro atoms. The largest absolute Gasteiger partial charge is 0.452 e. The Labute approximate surface area is 159 Å². The molecule has 2 aromatic carbocycles. The molecule has 0 radical (unpaired) electrons. The van der Waals surface area contributed by atoms with Crippen molar-refractivity contribution in [1.82, 2.24) is 5.32 Å². The number of carbonyl (C=O) groups is 2. The molecule has 0 saturated heterocycles. The van der Waals surface area contributed by atoms with Crippen molar-refractivity contribution < 1.29 is 22.7 Å². The van der Waals surface area contributed by atoms with Gasteiger partial charge in [-0.05, 0) is 43.5 Å². The lowest BCUT2D eigenvalue weighted by Gasteiger charge is -2.14. The number of nitrogens with one attached hydrogen (secondary N) is 1. The van der Waals surface area contributed by atoms with E-state index in [1.165, 1.54) is 29.8 Å². The molecule has 27 heavy (non-hydrogen) atoms. The molecule has 1 N–H and O–H groups in total. The molecule has 0 saturated carbocycles. The van der Waals surface area contributed by atoms with Crippen molar-refractivity contribution >= 4 is 21.7 Å². The Morgan fingerprint density at radius 3 is 2.44 bits per heavy atom. The zero-order valence-corrected chi connectivity index (χ0v) is 16.2. The number of amides is 1. The minimum atomic E-state index is -3.42. The number of hydrogen-bond donors (Lipinski definition) is 1. The highest BCUT2D eigenvalue weighted by Gasteiger charge is 2.15. The fourth-order valence-electron chi connectivity index (χ4n) is 2.48. The lowest BCUT2D eigenvalue weighted by Crippen LogP contribution is -2.36. The highest BCUT2D eigenvalue weighted by atomic mass is 32.2. The molecule has 0 aromatic heterocycles. The van der Waals surface area contributed by atoms with Gasteiger partial charge in [0.1, 0.15) is 0 Å². The van der Waals surface area contributed by atoms with Crippen LogP contribution in [-0.4, -0.2) is 39.2 Å². The number of aryl methyl sites for hydroxylation is 1. The summed E-state index contributed by atoms with van der Waals surface area (Å²) in [7, 11) is -3.42. The Balaban J connectivity index is 1.80. The molecule has 1 amide bonds. The van der Waals surface area contributed by atoms with Gasteiger partial charge >= 0.3 is 5.97 Å². The van der Waals surface area contributed by atoms with E-state index in [0.29, 0.717) is 0 Å². The summed E-state index contributed by atoms with van der Waals surface area (Å²) in [6.45, 7) is 1.47. The molecule has 0 aliphatic rings. The molecular weight excluding hydrogens is 366 g/mol. The van der Waals surface area contributed by atoms with Gasteiger partial charge in [-0.2, -0.15) is 0 Å². The Hall–Kier alpha value is -2.67. The van der Waals surface area contributed by atoms with Gasteiger partial charge in [0.15, 0.2) is 16.4 Å². The van der Waals surface area contributed by atoms with Gasteiger partial charge in [0.05, 0.1) is 10.5 Å². The number of benzene rings is 2. The second-order valence-electron chi connectivity index (χ2n) is 6.37. The minimum absolute atomic E-state index is 0.0240. The third-order valence-electron chi connectivity index (χ3n) is 3.95. The molecule has 1 atom stereocenters. The number of ether oxygens (including phenoxy) is 1. The maximum absolute atomic E-state index is 12.0. The van der Waals surface area contributed by atoms with E-state index in [1.54, 1.807) is 0 Å². The van der Waals surface area contributed by atoms with E-state index < -0.39 is 28.3 Å². The van der Waals surface area contributed by atoms with Crippen LogP contribution in [0.5, 0.6) is 0 Å². The van der Waals surface area contributed by atoms with E-state index >= 15 is 0 Å². The van der Waals surface area contributed by atoms with Crippen molar-refractivity contribution in [2.45, 2.75) is 30.7 Å². The molecule has 0 aliphatic heterocycles. The summed E-state index contributed by atoms with van der Waals surface area (Å²) >= 11 is 0. The van der Waals surface area contributed by atoms with E-state index in [1.807, 2.05) is 37.3 Å². The van der Waals surface area contributed by atoms with E-state index in [9.17, 15) is 18.0 Å². The first-order valence-corrected chi connectivity index (χ1v) is 10.5. The summed E-state index contributed by atoms with van der Waals surface area (Å²) in [4.78, 5) is 24.0. The van der Waals surface area contributed by atoms with Crippen LogP contribution < -0.4 is 5.32 Å². The summed E-state index contributed by atoms with van der Waals surface area (Å²) in [5, 5.41) is 2.78. The van der Waals surface area contributed by atoms with Crippen LogP contribution in [0.4, 0.5) is 0 Å². The minimum Gasteiger partial charge on any atom is -0.452 e. The molecule has 0 fully saturated rings. The Bertz CT molecular complexity index is 894. The average Bonchev–Trinajstić information content (AvgIpc) is 2.64. The standard InChI is InChI=1S/C20H23NO5S/c1-15(11-12-16-7-4-3-5-8-16)21-19(22)14-26-20(23)17-9-6-10-18(13-17)27(2,24)25/h3-10,13,15H,11-12,14H2,1-2H3,(H,21,22)/t15-/m0/s1. The van der Waals surface area contributed by atoms with Gasteiger partial charge in [0.25, 0.3) is 5.91 Å². The molecule has 0 heterocycles. The maximum atomic E-state index is 12.0. The Morgan fingerprint density at radius 2 is 1.78 bits per heavy atom. The Morgan fingerprint density at radius 1 is 1.07 bits per heavy atom. The van der Waals surface area contributed by atoms with Crippen molar-refractivity contribution in [3.63, 3.8) is 0 Å². The first-order chi connectivity index (χ1) is 12.8. The topological polar surface area (TPSA) is 89.5 Å². The second kappa shape index (κ2) is 9.32. The summed E-state index contributed by atoms with van der Waals surface area (Å²) < 4.78 is 28.1. The van der Waals surface area contributed by atoms with E-state index in [0.717, 1.165) is 19.1 Å². The smallest absolute Gasteiger partial charge is 0.338 e. The molecule has 0 aliphatic carbocycles. The predicted molar refractivity (Wildman–Crippen MR) is 102 cm³/mol. The normalized spacial score (nSPS) is 12.2. The number of carbonyl (C=O) groups excluding carboxylic acids is 2. The lowest BCUT2D eigenvalue weighted by atomic mass is 10.1. The van der Waals surface area contributed by atoms with Gasteiger partial charge in [-0.15, -0.1) is 0 Å². The van der Waals surface area contributed by atoms with E-state index in [4.69, 9.17) is 4.74 Å². The molecule has 0 unspecified atom stereocenters. The third-order valence-corrected chi connectivity index (χ3v) is 5.06. The zero-order chi connectivity index (χ0) is 19.9. The lowest BCUT2D eigenvalue weighted by molar-refractivity contribution is -0.124. The first-order valence-electron chi connectivity index (χ1n) is 8.56. The second-order valence-corrected chi connectivity index (χ2v) is 8.38. The molecule has 2 aromatic rings. The number of rotatable bonds is 8. The van der Waals surface area contributed by atoms with Crippen molar-refractivity contribution in [3.8, 4) is 0 Å². The van der Waals surface area contributed by atoms with Crippen LogP contribution in [0.1, 0.15) is 29.3 Å². The summed E-state index contributed by atoms with van der Waals surface area (Å²) in [6.07, 6.45) is 2.65. The SMILES string of the molecule is C[C@@H](CCc1ccccc1)NC(=O)COC(=O)c1cccc(S(C)(=O)=O)c1. The van der Waals surface area contributed by atoms with Crippen molar-refractivity contribution in [2.75, 3.05) is 12.9 Å². The van der Waals surface area contributed by atoms with Crippen LogP contribution in [0.2, 0.25) is 0 Å². The summed E-state index contributed by atoms with van der Waals surface area (Å²) in [5.41, 5.74) is 1.28. The van der Waals surface area contributed by atoms with Crippen LogP contribution in [-0.2, 0) is 25.8 Å². The number of esters is 1. The highest BCUT2D eigenvalue weighted by molar-refractivity contribution is 7.90. The highest BCUT2D eigenvalue weighted by Crippen LogP contribution is 2.12. The quantitative estimate of drug-likeness (QED) is 0.700. The maximum Gasteiger partial charge on any atom is 0.338 e. The van der Waals surface area contributed by atoms with E-state index in [2.05, 4.69) is 5.32 Å². The molecule has 6 nitrogen and oxygen atoms in total. The molecule has 0 bridgehead atoms. The molecule has 2 rings (SSSR count). The van der Waals surface area contributed by atoms with Crippen molar-refractivity contribution in [3.05, 3.63) is 65.7 Å². The number of hydrogen-bond acceptors (Lipinski definition) is 5. The van der Waals surface area contributed by atoms with Crippen LogP contribution in [0.3, 0.4) is 0 Å². The van der Waals surface area contributed by atoms with Crippen LogP contribution >= 0.6 is 0 Å². The monoisotopic (exact) mass is 389 g/mol. The van der Waals surface area contributed by atoms with Crippen LogP contribution in [0.25, 0.3) is 0 Å². The van der Waals surface area contributed by atoms with Gasteiger partial charge < -0.3 is 10.1 Å². The fraction of sp³-hybridized carbons (Fsp3) is 0.300. The van der Waals surface area contributed by atoms with E-state index in [-0.39, 0.29) is 16.5 Å². The molecule has 144 valence electrons. The average molecular weight is 389 g/mol. The van der Waals surface area contributed by atoms with Gasteiger partial charge in [0, 0.05) is 12.3 Å². The fourth-order valence-corrected chi connectivity index (χ4v) is 3.15. The van der Waals surface area contributed by atoms with Gasteiger partial charge in [-0.1, -0.05) is 36.4 Å². The van der Waals surface area contributed by atoms with Crippen LogP contribution in [0.15, 0.2) is 59.5 Å². The summed E-state index contributed by atoms with van der Waals surface area (Å²) in [5.74, 6) is -1.14. The van der Waals surface area contributed by atoms with Crippen molar-refractivity contribution in [2.24, 2.45) is 0 Å². The van der Waals surface area contributed by atoms with Crippen LogP contribution in [0, 0.1) is 0 Å². The first kappa shape index (κ1) is 20.6. The van der Waals surface area contributed by atoms with Gasteiger partial charge in [-0.25, -0.2) is 13.2 Å². The van der Waals surface area contributed by atoms with Gasteiger partial charge in [-0.3, -0.25) is 4.79 Å². The molecular formula is C20H23NO5S. The zero-order valence-electron chi connectivity index (χ0n) is 15.3. The number of sulfone groups is 1. The third kappa shape index (κ3) is 6.86.